The Hall–Kier alpha value is -3.93. The number of benzene rings is 5. The number of rotatable bonds is 3. The highest BCUT2D eigenvalue weighted by atomic mass is 79.9. The first-order valence-corrected chi connectivity index (χ1v) is 21.7. The van der Waals surface area contributed by atoms with Crippen LogP contribution in [0.25, 0.3) is 20.4 Å². The molecular formula is C39H27Br4F8N5O2S3. The quantitative estimate of drug-likeness (QED) is 0.0531. The van der Waals surface area contributed by atoms with Gasteiger partial charge >= 0.3 is 0 Å². The smallest absolute Gasteiger partial charge is 0.221 e. The molecule has 7 rings (SSSR count). The van der Waals surface area contributed by atoms with Crippen LogP contribution in [0.15, 0.2) is 78.6 Å². The van der Waals surface area contributed by atoms with Crippen molar-refractivity contribution in [3.63, 3.8) is 0 Å². The third kappa shape index (κ3) is 15.7. The summed E-state index contributed by atoms with van der Waals surface area (Å²) in [4.78, 5) is 29.8. The summed E-state index contributed by atoms with van der Waals surface area (Å²) in [7, 11) is 0. The van der Waals surface area contributed by atoms with Gasteiger partial charge in [0.2, 0.25) is 5.91 Å². The van der Waals surface area contributed by atoms with E-state index >= 15 is 0 Å². The van der Waals surface area contributed by atoms with Crippen molar-refractivity contribution in [3.8, 4) is 0 Å². The molecule has 0 atom stereocenters. The van der Waals surface area contributed by atoms with Gasteiger partial charge in [0.05, 0.1) is 76.0 Å². The summed E-state index contributed by atoms with van der Waals surface area (Å²) < 4.78 is 105. The molecule has 2 heterocycles. The minimum absolute atomic E-state index is 0.0409. The molecule has 0 spiro atoms. The van der Waals surface area contributed by atoms with Gasteiger partial charge in [-0.2, -0.15) is 0 Å². The van der Waals surface area contributed by atoms with Crippen molar-refractivity contribution in [2.24, 2.45) is 0 Å². The van der Waals surface area contributed by atoms with Crippen LogP contribution in [0.2, 0.25) is 0 Å². The SMILES string of the molecule is CC(=O)Nc1cc(Br)c(F)cc1F.CC(=S)Nc1cc(Br)c(F)cc1F.Cc1nc2cc(Br)c(F)cc2s1.Cc1nc2cc(C=O)c(F)cc2s1.Nc1cc(Br)c(F)cc1F. The molecule has 0 fully saturated rings. The van der Waals surface area contributed by atoms with Gasteiger partial charge in [0.15, 0.2) is 6.29 Å². The van der Waals surface area contributed by atoms with Gasteiger partial charge in [-0.1, -0.05) is 12.2 Å². The van der Waals surface area contributed by atoms with Gasteiger partial charge in [-0.25, -0.2) is 45.1 Å². The Balaban J connectivity index is 0.000000204. The Morgan fingerprint density at radius 1 is 0.590 bits per heavy atom. The first-order valence-electron chi connectivity index (χ1n) is 16.5. The van der Waals surface area contributed by atoms with E-state index in [4.69, 9.17) is 18.0 Å². The fraction of sp³-hybridized carbons (Fsp3) is 0.103. The summed E-state index contributed by atoms with van der Waals surface area (Å²) in [6, 6.07) is 11.9. The number of aromatic nitrogens is 2. The minimum Gasteiger partial charge on any atom is -0.396 e. The van der Waals surface area contributed by atoms with Crippen LogP contribution in [0.1, 0.15) is 34.2 Å². The van der Waals surface area contributed by atoms with E-state index in [0.29, 0.717) is 27.3 Å². The molecule has 0 unspecified atom stereocenters. The number of thiazole rings is 2. The number of aryl methyl sites for hydroxylation is 2. The van der Waals surface area contributed by atoms with Gasteiger partial charge in [0.25, 0.3) is 0 Å². The lowest BCUT2D eigenvalue weighted by molar-refractivity contribution is -0.114. The Morgan fingerprint density at radius 2 is 0.984 bits per heavy atom. The summed E-state index contributed by atoms with van der Waals surface area (Å²) in [5, 5.41) is 6.66. The molecule has 0 aliphatic carbocycles. The summed E-state index contributed by atoms with van der Waals surface area (Å²) in [5.41, 5.74) is 6.79. The van der Waals surface area contributed by atoms with Crippen molar-refractivity contribution in [1.29, 1.82) is 0 Å². The fourth-order valence-electron chi connectivity index (χ4n) is 4.36. The van der Waals surface area contributed by atoms with Crippen molar-refractivity contribution in [2.45, 2.75) is 27.7 Å². The zero-order valence-electron chi connectivity index (χ0n) is 31.4. The van der Waals surface area contributed by atoms with Crippen LogP contribution >= 0.6 is 98.6 Å². The van der Waals surface area contributed by atoms with Crippen LogP contribution in [-0.2, 0) is 4.79 Å². The summed E-state index contributed by atoms with van der Waals surface area (Å²) in [5.74, 6) is -5.29. The average Bonchev–Trinajstić information content (AvgIpc) is 3.71. The van der Waals surface area contributed by atoms with E-state index in [1.807, 2.05) is 13.8 Å². The number of halogens is 12. The van der Waals surface area contributed by atoms with Crippen molar-refractivity contribution < 1.29 is 44.7 Å². The van der Waals surface area contributed by atoms with E-state index in [0.717, 1.165) is 37.1 Å². The molecule has 0 bridgehead atoms. The maximum atomic E-state index is 13.1. The number of carbonyl (C=O) groups excluding carboxylic acids is 2. The molecule has 322 valence electrons. The fourth-order valence-corrected chi connectivity index (χ4v) is 7.52. The number of nitrogens with zero attached hydrogens (tertiary/aromatic N) is 2. The van der Waals surface area contributed by atoms with Gasteiger partial charge in [-0.15, -0.1) is 22.7 Å². The molecule has 1 amide bonds. The second-order valence-corrected chi connectivity index (χ2v) is 18.3. The van der Waals surface area contributed by atoms with Crippen LogP contribution in [0, 0.1) is 60.4 Å². The number of fused-ring (bicyclic) bond motifs is 2. The van der Waals surface area contributed by atoms with Crippen molar-refractivity contribution in [1.82, 2.24) is 9.97 Å². The zero-order chi connectivity index (χ0) is 45.9. The second kappa shape index (κ2) is 23.5. The van der Waals surface area contributed by atoms with E-state index in [2.05, 4.69) is 84.3 Å². The molecule has 0 aliphatic heterocycles. The second-order valence-electron chi connectivity index (χ2n) is 11.8. The van der Waals surface area contributed by atoms with Gasteiger partial charge in [0, 0.05) is 25.1 Å². The molecule has 2 aromatic heterocycles. The molecule has 7 aromatic rings. The maximum absolute atomic E-state index is 13.1. The molecule has 22 heteroatoms. The summed E-state index contributed by atoms with van der Waals surface area (Å²) in [6.07, 6.45) is 0.503. The first kappa shape index (κ1) is 51.4. The van der Waals surface area contributed by atoms with Gasteiger partial charge in [-0.3, -0.25) is 9.59 Å². The predicted molar refractivity (Wildman–Crippen MR) is 245 cm³/mol. The zero-order valence-corrected chi connectivity index (χ0v) is 40.2. The average molecular weight is 1170 g/mol. The molecule has 0 radical (unpaired) electrons. The third-order valence-electron chi connectivity index (χ3n) is 6.96. The Bertz CT molecular complexity index is 2580. The number of hydrogen-bond donors (Lipinski definition) is 3. The molecule has 0 saturated carbocycles. The molecule has 7 nitrogen and oxygen atoms in total. The lowest BCUT2D eigenvalue weighted by atomic mass is 10.2. The number of nitrogens with two attached hydrogens (primary N) is 1. The Kier molecular flexibility index (Phi) is 19.8. The van der Waals surface area contributed by atoms with E-state index in [-0.39, 0.29) is 41.9 Å². The van der Waals surface area contributed by atoms with Crippen molar-refractivity contribution >= 4 is 153 Å². The molecule has 0 aliphatic rings. The van der Waals surface area contributed by atoms with Gasteiger partial charge in [0.1, 0.15) is 46.5 Å². The molecule has 4 N–H and O–H groups in total. The van der Waals surface area contributed by atoms with Crippen LogP contribution in [0.4, 0.5) is 52.2 Å². The van der Waals surface area contributed by atoms with E-state index in [9.17, 15) is 44.7 Å². The predicted octanol–water partition coefficient (Wildman–Crippen LogP) is 14.5. The number of nitrogen functional groups attached to an aromatic ring is 1. The highest BCUT2D eigenvalue weighted by Crippen LogP contribution is 2.28. The number of hydrogen-bond acceptors (Lipinski definition) is 8. The number of nitrogens with one attached hydrogen (secondary N) is 2. The largest absolute Gasteiger partial charge is 0.396 e. The topological polar surface area (TPSA) is 110 Å². The van der Waals surface area contributed by atoms with Crippen LogP contribution in [-0.4, -0.2) is 27.1 Å². The lowest BCUT2D eigenvalue weighted by Crippen LogP contribution is -2.07. The van der Waals surface area contributed by atoms with Gasteiger partial charge < -0.3 is 16.4 Å². The van der Waals surface area contributed by atoms with Crippen LogP contribution in [0.3, 0.4) is 0 Å². The van der Waals surface area contributed by atoms with E-state index < -0.39 is 46.6 Å². The van der Waals surface area contributed by atoms with Crippen LogP contribution < -0.4 is 16.4 Å². The number of anilines is 3. The normalized spacial score (nSPS) is 10.2. The van der Waals surface area contributed by atoms with Crippen molar-refractivity contribution in [2.75, 3.05) is 16.4 Å². The monoisotopic (exact) mass is 1160 g/mol. The van der Waals surface area contributed by atoms with Crippen LogP contribution in [0.5, 0.6) is 0 Å². The number of aldehydes is 1. The van der Waals surface area contributed by atoms with Crippen molar-refractivity contribution in [3.05, 3.63) is 141 Å². The third-order valence-corrected chi connectivity index (χ3v) is 11.4. The molecule has 5 aromatic carbocycles. The van der Waals surface area contributed by atoms with E-state index in [1.165, 1.54) is 66.0 Å². The van der Waals surface area contributed by atoms with E-state index in [1.54, 1.807) is 13.0 Å². The number of thiocarbonyl (C=S) groups is 1. The molecular weight excluding hydrogens is 1140 g/mol. The highest BCUT2D eigenvalue weighted by molar-refractivity contribution is 9.11. The standard InChI is InChI=1S/C9H6FNOS.C8H6BrF2NO.C8H6BrF2NS.C8H5BrFNS.C6H4BrF2N/c1-5-11-8-2-6(4-12)7(10)3-9(8)13-5;2*1-4(13)12-8-2-5(9)6(10)3-7(8)11;1-4-11-7-2-5(9)6(10)3-8(7)12-4;7-3-1-6(10)5(9)2-4(3)8/h2-4H,1H3;2*2-3H,1H3,(H,12,13);2-3H,1H3;1-2H,10H2. The number of amides is 1. The molecule has 0 saturated heterocycles. The summed E-state index contributed by atoms with van der Waals surface area (Å²) >= 11 is 19.4. The lowest BCUT2D eigenvalue weighted by Gasteiger charge is -2.06. The minimum atomic E-state index is -0.795. The maximum Gasteiger partial charge on any atom is 0.221 e. The Labute approximate surface area is 389 Å². The molecule has 61 heavy (non-hydrogen) atoms. The number of carbonyl (C=O) groups is 2. The highest BCUT2D eigenvalue weighted by Gasteiger charge is 2.11. The first-order chi connectivity index (χ1) is 28.5. The Morgan fingerprint density at radius 3 is 1.43 bits per heavy atom. The summed E-state index contributed by atoms with van der Waals surface area (Å²) in [6.45, 7) is 6.63. The van der Waals surface area contributed by atoms with Gasteiger partial charge in [-0.05, 0) is 127 Å².